The van der Waals surface area contributed by atoms with Crippen molar-refractivity contribution in [3.8, 4) is 0 Å². The second-order valence-corrected chi connectivity index (χ2v) is 13.3. The smallest absolute Gasteiger partial charge is 0.437 e. The molecule has 47 heavy (non-hydrogen) atoms. The van der Waals surface area contributed by atoms with E-state index in [-0.39, 0.29) is 6.54 Å². The topological polar surface area (TPSA) is 104 Å². The van der Waals surface area contributed by atoms with Crippen LogP contribution in [-0.4, -0.2) is 82.4 Å². The molecule has 11 heteroatoms. The van der Waals surface area contributed by atoms with Gasteiger partial charge in [-0.1, -0.05) is 71.8 Å². The molecule has 1 aromatic heterocycles. The summed E-state index contributed by atoms with van der Waals surface area (Å²) >= 11 is 0. The Hall–Kier alpha value is -5.06. The summed E-state index contributed by atoms with van der Waals surface area (Å²) in [5.41, 5.74) is 8.36. The molecule has 1 atom stereocenters. The van der Waals surface area contributed by atoms with Crippen molar-refractivity contribution >= 4 is 29.2 Å². The van der Waals surface area contributed by atoms with Crippen LogP contribution in [0.25, 0.3) is 11.0 Å². The van der Waals surface area contributed by atoms with Gasteiger partial charge in [0, 0.05) is 28.2 Å². The summed E-state index contributed by atoms with van der Waals surface area (Å²) in [5, 5.41) is 1.32. The van der Waals surface area contributed by atoms with Crippen molar-refractivity contribution in [1.29, 1.82) is 0 Å². The SMILES string of the molecule is Cc1ccc(C[C@@H](CN(NC(=O)N(C)C)C(=O)N(C)C)n2c(=NC(=O)OC(C)(C)C)n(Cc3ccc(C)cc3)c3ccccc32)cc1. The van der Waals surface area contributed by atoms with Gasteiger partial charge in [-0.15, -0.1) is 4.99 Å². The number of aryl methyl sites for hydroxylation is 2. The summed E-state index contributed by atoms with van der Waals surface area (Å²) < 4.78 is 9.68. The predicted molar refractivity (Wildman–Crippen MR) is 184 cm³/mol. The Labute approximate surface area is 277 Å². The third-order valence-corrected chi connectivity index (χ3v) is 7.54. The number of carbonyl (C=O) groups is 3. The molecular formula is C36H47N7O4. The van der Waals surface area contributed by atoms with E-state index in [9.17, 15) is 14.4 Å². The molecule has 5 amide bonds. The summed E-state index contributed by atoms with van der Waals surface area (Å²) in [6.07, 6.45) is -0.259. The highest BCUT2D eigenvalue weighted by Gasteiger charge is 2.28. The van der Waals surface area contributed by atoms with Crippen LogP contribution in [0.2, 0.25) is 0 Å². The van der Waals surface area contributed by atoms with E-state index in [4.69, 9.17) is 4.74 Å². The Morgan fingerprint density at radius 3 is 1.89 bits per heavy atom. The molecule has 0 fully saturated rings. The molecule has 4 rings (SSSR count). The van der Waals surface area contributed by atoms with Gasteiger partial charge in [-0.2, -0.15) is 0 Å². The van der Waals surface area contributed by atoms with E-state index < -0.39 is 29.8 Å². The first-order chi connectivity index (χ1) is 22.1. The van der Waals surface area contributed by atoms with Crippen LogP contribution in [0.4, 0.5) is 14.4 Å². The Kier molecular flexibility index (Phi) is 10.8. The van der Waals surface area contributed by atoms with Crippen LogP contribution >= 0.6 is 0 Å². The zero-order valence-electron chi connectivity index (χ0n) is 28.9. The fourth-order valence-electron chi connectivity index (χ4n) is 5.19. The number of ether oxygens (including phenoxy) is 1. The molecule has 0 saturated carbocycles. The number of fused-ring (bicyclic) bond motifs is 1. The van der Waals surface area contributed by atoms with E-state index in [0.717, 1.165) is 33.3 Å². The minimum Gasteiger partial charge on any atom is -0.442 e. The third-order valence-electron chi connectivity index (χ3n) is 7.54. The highest BCUT2D eigenvalue weighted by atomic mass is 16.6. The minimum atomic E-state index is -0.758. The minimum absolute atomic E-state index is 0.0739. The van der Waals surface area contributed by atoms with Gasteiger partial charge in [0.05, 0.1) is 30.2 Å². The molecule has 0 radical (unpaired) electrons. The molecule has 11 nitrogen and oxygen atoms in total. The first-order valence-corrected chi connectivity index (χ1v) is 15.7. The Morgan fingerprint density at radius 1 is 0.809 bits per heavy atom. The summed E-state index contributed by atoms with van der Waals surface area (Å²) in [4.78, 5) is 47.2. The van der Waals surface area contributed by atoms with Crippen LogP contribution in [0.15, 0.2) is 77.8 Å². The highest BCUT2D eigenvalue weighted by Crippen LogP contribution is 2.24. The largest absolute Gasteiger partial charge is 0.442 e. The lowest BCUT2D eigenvalue weighted by Gasteiger charge is -2.32. The predicted octanol–water partition coefficient (Wildman–Crippen LogP) is 5.90. The van der Waals surface area contributed by atoms with Crippen LogP contribution in [-0.2, 0) is 17.7 Å². The number of imidazole rings is 1. The van der Waals surface area contributed by atoms with E-state index in [1.807, 2.05) is 59.4 Å². The van der Waals surface area contributed by atoms with Crippen LogP contribution < -0.4 is 11.0 Å². The molecular weight excluding hydrogens is 594 g/mol. The number of hydrogen-bond acceptors (Lipinski definition) is 4. The monoisotopic (exact) mass is 641 g/mol. The molecule has 0 bridgehead atoms. The van der Waals surface area contributed by atoms with E-state index in [2.05, 4.69) is 46.8 Å². The molecule has 0 aliphatic heterocycles. The lowest BCUT2D eigenvalue weighted by Crippen LogP contribution is -2.55. The van der Waals surface area contributed by atoms with E-state index in [1.165, 1.54) is 14.8 Å². The van der Waals surface area contributed by atoms with Crippen LogP contribution in [0.3, 0.4) is 0 Å². The maximum absolute atomic E-state index is 13.5. The lowest BCUT2D eigenvalue weighted by molar-refractivity contribution is 0.0592. The molecule has 4 aromatic rings. The number of aromatic nitrogens is 2. The van der Waals surface area contributed by atoms with Gasteiger partial charge in [-0.05, 0) is 64.3 Å². The number of benzene rings is 3. The van der Waals surface area contributed by atoms with Crippen molar-refractivity contribution in [2.75, 3.05) is 34.7 Å². The van der Waals surface area contributed by atoms with Crippen LogP contribution in [0, 0.1) is 13.8 Å². The molecule has 0 spiro atoms. The number of urea groups is 2. The fourth-order valence-corrected chi connectivity index (χ4v) is 5.19. The van der Waals surface area contributed by atoms with Gasteiger partial charge in [-0.25, -0.2) is 24.8 Å². The number of amides is 5. The standard InChI is InChI=1S/C36H47N7O4/c1-25-14-18-27(19-15-25)22-29(24-42(35(46)40(8)9)38-33(44)39(6)7)43-31-13-11-10-12-30(31)41(23-28-20-16-26(2)17-21-28)32(43)37-34(45)47-36(3,4)5/h10-21,29H,22-24H2,1-9H3,(H,38,44)/t29-/m0/s1. The van der Waals surface area contributed by atoms with Crippen molar-refractivity contribution in [3.63, 3.8) is 0 Å². The lowest BCUT2D eigenvalue weighted by atomic mass is 10.0. The Morgan fingerprint density at radius 2 is 1.36 bits per heavy atom. The van der Waals surface area contributed by atoms with Crippen molar-refractivity contribution in [2.24, 2.45) is 4.99 Å². The van der Waals surface area contributed by atoms with Gasteiger partial charge >= 0.3 is 18.2 Å². The van der Waals surface area contributed by atoms with Gasteiger partial charge in [0.15, 0.2) is 0 Å². The quantitative estimate of drug-likeness (QED) is 0.254. The van der Waals surface area contributed by atoms with E-state index in [1.54, 1.807) is 49.0 Å². The number of nitrogens with one attached hydrogen (secondary N) is 1. The Balaban J connectivity index is 2.00. The summed E-state index contributed by atoms with van der Waals surface area (Å²) in [5.74, 6) is 0. The average molecular weight is 642 g/mol. The van der Waals surface area contributed by atoms with Gasteiger partial charge < -0.3 is 23.7 Å². The first kappa shape index (κ1) is 34.8. The molecule has 1 N–H and O–H groups in total. The number of hydrogen-bond donors (Lipinski definition) is 1. The van der Waals surface area contributed by atoms with Gasteiger partial charge in [0.1, 0.15) is 5.60 Å². The van der Waals surface area contributed by atoms with Crippen LogP contribution in [0.5, 0.6) is 0 Å². The van der Waals surface area contributed by atoms with Gasteiger partial charge in [-0.3, -0.25) is 0 Å². The summed E-state index contributed by atoms with van der Waals surface area (Å²) in [7, 11) is 6.50. The van der Waals surface area contributed by atoms with Gasteiger partial charge in [0.2, 0.25) is 5.62 Å². The zero-order chi connectivity index (χ0) is 34.5. The molecule has 0 aliphatic carbocycles. The zero-order valence-corrected chi connectivity index (χ0v) is 28.9. The summed E-state index contributed by atoms with van der Waals surface area (Å²) in [6, 6.07) is 22.9. The normalized spacial score (nSPS) is 12.5. The Bertz CT molecular complexity index is 1780. The van der Waals surface area contributed by atoms with Crippen molar-refractivity contribution < 1.29 is 19.1 Å². The second-order valence-electron chi connectivity index (χ2n) is 13.3. The van der Waals surface area contributed by atoms with Crippen molar-refractivity contribution in [1.82, 2.24) is 29.4 Å². The number of rotatable bonds is 7. The van der Waals surface area contributed by atoms with Crippen molar-refractivity contribution in [2.45, 2.75) is 59.2 Å². The number of carbonyl (C=O) groups excluding carboxylic acids is 3. The maximum atomic E-state index is 13.5. The summed E-state index contributed by atoms with van der Waals surface area (Å²) in [6.45, 7) is 9.98. The molecule has 3 aromatic carbocycles. The first-order valence-electron chi connectivity index (χ1n) is 15.7. The van der Waals surface area contributed by atoms with Gasteiger partial charge in [0.25, 0.3) is 0 Å². The second kappa shape index (κ2) is 14.6. The van der Waals surface area contributed by atoms with E-state index in [0.29, 0.717) is 18.6 Å². The highest BCUT2D eigenvalue weighted by molar-refractivity contribution is 5.80. The number of para-hydroxylation sites is 2. The third kappa shape index (κ3) is 9.02. The number of nitrogens with zero attached hydrogens (tertiary/aromatic N) is 6. The molecule has 0 unspecified atom stereocenters. The number of hydrazine groups is 1. The van der Waals surface area contributed by atoms with Crippen LogP contribution in [0.1, 0.15) is 49.1 Å². The van der Waals surface area contributed by atoms with E-state index >= 15 is 0 Å². The molecule has 1 heterocycles. The fraction of sp³-hybridized carbons (Fsp3) is 0.389. The molecule has 0 saturated heterocycles. The maximum Gasteiger partial charge on any atom is 0.437 e. The molecule has 0 aliphatic rings. The van der Waals surface area contributed by atoms with Crippen molar-refractivity contribution in [3.05, 3.63) is 101 Å². The molecule has 250 valence electrons. The average Bonchev–Trinajstić information content (AvgIpc) is 3.29.